The van der Waals surface area contributed by atoms with Gasteiger partial charge in [-0.05, 0) is 30.2 Å². The van der Waals surface area contributed by atoms with E-state index in [9.17, 15) is 9.59 Å². The van der Waals surface area contributed by atoms with Gasteiger partial charge in [0.2, 0.25) is 0 Å². The van der Waals surface area contributed by atoms with Crippen LogP contribution in [0, 0.1) is 0 Å². The molecule has 1 aromatic carbocycles. The highest BCUT2D eigenvalue weighted by molar-refractivity contribution is 6.30. The van der Waals surface area contributed by atoms with Crippen LogP contribution in [0.15, 0.2) is 47.4 Å². The maximum Gasteiger partial charge on any atom is 0.252 e. The molecule has 110 valence electrons. The highest BCUT2D eigenvalue weighted by atomic mass is 35.5. The minimum Gasteiger partial charge on any atom is -0.345 e. The van der Waals surface area contributed by atoms with Crippen molar-refractivity contribution >= 4 is 17.5 Å². The molecule has 2 rings (SSSR count). The Hall–Kier alpha value is -2.07. The van der Waals surface area contributed by atoms with Crippen molar-refractivity contribution in [3.05, 3.63) is 69.1 Å². The van der Waals surface area contributed by atoms with E-state index in [4.69, 9.17) is 11.6 Å². The number of hydrogen-bond donors (Lipinski definition) is 1. The average molecular weight is 305 g/mol. The predicted molar refractivity (Wildman–Crippen MR) is 83.6 cm³/mol. The Morgan fingerprint density at radius 2 is 2.10 bits per heavy atom. The molecule has 0 saturated heterocycles. The zero-order valence-corrected chi connectivity index (χ0v) is 12.7. The molecule has 0 aliphatic rings. The fourth-order valence-electron chi connectivity index (χ4n) is 2.08. The number of rotatable bonds is 4. The summed E-state index contributed by atoms with van der Waals surface area (Å²) in [4.78, 5) is 23.8. The molecule has 1 heterocycles. The number of pyridine rings is 1. The Balaban J connectivity index is 2.20. The molecule has 4 nitrogen and oxygen atoms in total. The van der Waals surface area contributed by atoms with E-state index in [2.05, 4.69) is 5.32 Å². The number of halogens is 1. The Kier molecular flexibility index (Phi) is 4.81. The van der Waals surface area contributed by atoms with Gasteiger partial charge in [0, 0.05) is 29.9 Å². The number of aryl methyl sites for hydroxylation is 1. The van der Waals surface area contributed by atoms with Crippen molar-refractivity contribution in [1.82, 2.24) is 9.88 Å². The van der Waals surface area contributed by atoms with Crippen LogP contribution < -0.4 is 10.9 Å². The van der Waals surface area contributed by atoms with Crippen molar-refractivity contribution in [1.29, 1.82) is 0 Å². The van der Waals surface area contributed by atoms with Gasteiger partial charge >= 0.3 is 0 Å². The van der Waals surface area contributed by atoms with Gasteiger partial charge in [0.15, 0.2) is 0 Å². The minimum absolute atomic E-state index is 0.139. The van der Waals surface area contributed by atoms with Crippen molar-refractivity contribution in [2.75, 3.05) is 0 Å². The second-order valence-corrected chi connectivity index (χ2v) is 5.29. The zero-order chi connectivity index (χ0) is 15.4. The molecule has 0 saturated carbocycles. The number of carbonyl (C=O) groups is 1. The van der Waals surface area contributed by atoms with E-state index in [1.807, 2.05) is 25.1 Å². The Morgan fingerprint density at radius 1 is 1.33 bits per heavy atom. The monoisotopic (exact) mass is 304 g/mol. The van der Waals surface area contributed by atoms with Crippen molar-refractivity contribution < 1.29 is 4.79 Å². The van der Waals surface area contributed by atoms with E-state index in [1.165, 1.54) is 10.6 Å². The van der Waals surface area contributed by atoms with Crippen LogP contribution in [0.25, 0.3) is 0 Å². The summed E-state index contributed by atoms with van der Waals surface area (Å²) in [6, 6.07) is 10.2. The van der Waals surface area contributed by atoms with E-state index < -0.39 is 0 Å². The molecule has 0 bridgehead atoms. The van der Waals surface area contributed by atoms with Crippen molar-refractivity contribution in [2.45, 2.75) is 19.4 Å². The number of amides is 1. The van der Waals surface area contributed by atoms with Gasteiger partial charge in [-0.3, -0.25) is 9.59 Å². The topological polar surface area (TPSA) is 51.1 Å². The van der Waals surface area contributed by atoms with E-state index >= 15 is 0 Å². The third kappa shape index (κ3) is 3.73. The normalized spacial score (nSPS) is 12.0. The summed E-state index contributed by atoms with van der Waals surface area (Å²) in [5.41, 5.74) is 1.10. The van der Waals surface area contributed by atoms with Crippen LogP contribution in [0.1, 0.15) is 35.3 Å². The minimum atomic E-state index is -0.264. The summed E-state index contributed by atoms with van der Waals surface area (Å²) in [7, 11) is 1.64. The molecule has 0 fully saturated rings. The molecule has 21 heavy (non-hydrogen) atoms. The number of nitrogens with zero attached hydrogens (tertiary/aromatic N) is 1. The molecule has 2 aromatic rings. The fourth-order valence-corrected chi connectivity index (χ4v) is 2.27. The summed E-state index contributed by atoms with van der Waals surface area (Å²) in [5, 5.41) is 3.56. The van der Waals surface area contributed by atoms with Gasteiger partial charge in [0.1, 0.15) is 0 Å². The average Bonchev–Trinajstić information content (AvgIpc) is 2.47. The Bertz CT molecular complexity index is 709. The third-order valence-corrected chi connectivity index (χ3v) is 3.57. The summed E-state index contributed by atoms with van der Waals surface area (Å²) >= 11 is 5.98. The van der Waals surface area contributed by atoms with E-state index in [-0.39, 0.29) is 17.5 Å². The van der Waals surface area contributed by atoms with Crippen LogP contribution >= 0.6 is 11.6 Å². The largest absolute Gasteiger partial charge is 0.345 e. The molecule has 0 radical (unpaired) electrons. The van der Waals surface area contributed by atoms with Gasteiger partial charge in [-0.25, -0.2) is 0 Å². The number of benzene rings is 1. The smallest absolute Gasteiger partial charge is 0.252 e. The third-order valence-electron chi connectivity index (χ3n) is 3.33. The lowest BCUT2D eigenvalue weighted by Gasteiger charge is -2.17. The number of aromatic nitrogens is 1. The standard InChI is InChI=1S/C16H17ClN2O2/c1-3-14(11-5-4-6-13(17)9-11)18-16(21)12-7-8-19(2)15(20)10-12/h4-10,14H,3H2,1-2H3,(H,18,21). The highest BCUT2D eigenvalue weighted by Gasteiger charge is 2.14. The molecule has 0 aliphatic carbocycles. The fraction of sp³-hybridized carbons (Fsp3) is 0.250. The van der Waals surface area contributed by atoms with Crippen LogP contribution in [0.2, 0.25) is 5.02 Å². The van der Waals surface area contributed by atoms with Crippen molar-refractivity contribution in [3.8, 4) is 0 Å². The lowest BCUT2D eigenvalue weighted by atomic mass is 10.0. The molecular weight excluding hydrogens is 288 g/mol. The van der Waals surface area contributed by atoms with Crippen LogP contribution in [0.5, 0.6) is 0 Å². The predicted octanol–water partition coefficient (Wildman–Crippen LogP) is 2.92. The maximum absolute atomic E-state index is 12.2. The van der Waals surface area contributed by atoms with Gasteiger partial charge < -0.3 is 9.88 Å². The second kappa shape index (κ2) is 6.59. The molecule has 1 aromatic heterocycles. The van der Waals surface area contributed by atoms with E-state index in [1.54, 1.807) is 25.4 Å². The molecule has 1 unspecified atom stereocenters. The molecular formula is C16H17ClN2O2. The lowest BCUT2D eigenvalue weighted by Crippen LogP contribution is -2.29. The van der Waals surface area contributed by atoms with Gasteiger partial charge in [-0.1, -0.05) is 30.7 Å². The van der Waals surface area contributed by atoms with Gasteiger partial charge in [0.05, 0.1) is 6.04 Å². The number of nitrogens with one attached hydrogen (secondary N) is 1. The van der Waals surface area contributed by atoms with Crippen molar-refractivity contribution in [2.24, 2.45) is 7.05 Å². The van der Waals surface area contributed by atoms with Crippen LogP contribution in [-0.2, 0) is 7.05 Å². The first kappa shape index (κ1) is 15.3. The van der Waals surface area contributed by atoms with E-state index in [0.717, 1.165) is 12.0 Å². The Morgan fingerprint density at radius 3 is 2.71 bits per heavy atom. The first-order valence-electron chi connectivity index (χ1n) is 6.74. The zero-order valence-electron chi connectivity index (χ0n) is 12.0. The summed E-state index contributed by atoms with van der Waals surface area (Å²) in [6.45, 7) is 1.98. The lowest BCUT2D eigenvalue weighted by molar-refractivity contribution is 0.0935. The molecule has 0 spiro atoms. The van der Waals surface area contributed by atoms with Crippen LogP contribution in [-0.4, -0.2) is 10.5 Å². The molecule has 1 atom stereocenters. The maximum atomic E-state index is 12.2. The van der Waals surface area contributed by atoms with E-state index in [0.29, 0.717) is 10.6 Å². The molecule has 0 aliphatic heterocycles. The van der Waals surface area contributed by atoms with Gasteiger partial charge in [0.25, 0.3) is 11.5 Å². The molecule has 1 amide bonds. The van der Waals surface area contributed by atoms with Crippen LogP contribution in [0.4, 0.5) is 0 Å². The van der Waals surface area contributed by atoms with Crippen molar-refractivity contribution in [3.63, 3.8) is 0 Å². The summed E-state index contributed by atoms with van der Waals surface area (Å²) in [5.74, 6) is -0.264. The SMILES string of the molecule is CCC(NC(=O)c1ccn(C)c(=O)c1)c1cccc(Cl)c1. The summed E-state index contributed by atoms with van der Waals surface area (Å²) in [6.07, 6.45) is 2.31. The highest BCUT2D eigenvalue weighted by Crippen LogP contribution is 2.20. The second-order valence-electron chi connectivity index (χ2n) is 4.85. The quantitative estimate of drug-likeness (QED) is 0.944. The molecule has 1 N–H and O–H groups in total. The number of carbonyl (C=O) groups excluding carboxylic acids is 1. The molecule has 5 heteroatoms. The Labute approximate surface area is 128 Å². The first-order chi connectivity index (χ1) is 10.0. The first-order valence-corrected chi connectivity index (χ1v) is 7.12. The van der Waals surface area contributed by atoms with Gasteiger partial charge in [-0.15, -0.1) is 0 Å². The van der Waals surface area contributed by atoms with Crippen LogP contribution in [0.3, 0.4) is 0 Å². The number of hydrogen-bond acceptors (Lipinski definition) is 2. The summed E-state index contributed by atoms with van der Waals surface area (Å²) < 4.78 is 1.42. The van der Waals surface area contributed by atoms with Gasteiger partial charge in [-0.2, -0.15) is 0 Å².